The molecule has 66 valence electrons. The first-order chi connectivity index (χ1) is 5.61. The van der Waals surface area contributed by atoms with E-state index in [0.717, 1.165) is 4.88 Å². The largest absolute Gasteiger partial charge is 0.323 e. The lowest BCUT2D eigenvalue weighted by atomic mass is 10.1. The fraction of sp³-hybridized carbons (Fsp3) is 0.444. The van der Waals surface area contributed by atoms with Gasteiger partial charge in [0.05, 0.1) is 0 Å². The van der Waals surface area contributed by atoms with Crippen LogP contribution in [0, 0.1) is 6.92 Å². The van der Waals surface area contributed by atoms with Crippen LogP contribution in [0.4, 0.5) is 0 Å². The summed E-state index contributed by atoms with van der Waals surface area (Å²) < 4.78 is 0. The third kappa shape index (κ3) is 2.16. The van der Waals surface area contributed by atoms with Gasteiger partial charge in [-0.1, -0.05) is 0 Å². The van der Waals surface area contributed by atoms with Crippen LogP contribution in [0.1, 0.15) is 29.8 Å². The summed E-state index contributed by atoms with van der Waals surface area (Å²) in [6.45, 7) is 3.59. The number of carbonyl (C=O) groups excluding carboxylic acids is 1. The minimum atomic E-state index is -0.109. The first-order valence-corrected chi connectivity index (χ1v) is 4.78. The van der Waals surface area contributed by atoms with Crippen LogP contribution in [-0.4, -0.2) is 5.78 Å². The molecule has 0 bridgehead atoms. The molecule has 0 fully saturated rings. The molecule has 0 saturated carbocycles. The average molecular weight is 183 g/mol. The highest BCUT2D eigenvalue weighted by Gasteiger charge is 2.11. The fourth-order valence-electron chi connectivity index (χ4n) is 1.17. The molecule has 1 atom stereocenters. The molecule has 0 saturated heterocycles. The van der Waals surface area contributed by atoms with E-state index < -0.39 is 0 Å². The van der Waals surface area contributed by atoms with Crippen molar-refractivity contribution in [3.05, 3.63) is 21.9 Å². The van der Waals surface area contributed by atoms with Crippen LogP contribution in [0.5, 0.6) is 0 Å². The van der Waals surface area contributed by atoms with E-state index in [1.165, 1.54) is 5.56 Å². The number of thiophene rings is 1. The maximum absolute atomic E-state index is 10.8. The van der Waals surface area contributed by atoms with Crippen molar-refractivity contribution in [1.82, 2.24) is 0 Å². The SMILES string of the molecule is CC(=O)CC(N)c1sccc1C. The summed E-state index contributed by atoms with van der Waals surface area (Å²) in [6, 6.07) is 1.92. The number of Topliss-reactive ketones (excluding diaryl/α,β-unsaturated/α-hetero) is 1. The summed E-state index contributed by atoms with van der Waals surface area (Å²) in [5.74, 6) is 0.148. The van der Waals surface area contributed by atoms with Gasteiger partial charge in [0.1, 0.15) is 5.78 Å². The Bertz CT molecular complexity index is 280. The average Bonchev–Trinajstić information content (AvgIpc) is 2.33. The highest BCUT2D eigenvalue weighted by molar-refractivity contribution is 7.10. The van der Waals surface area contributed by atoms with Crippen molar-refractivity contribution < 1.29 is 4.79 Å². The molecule has 2 nitrogen and oxygen atoms in total. The van der Waals surface area contributed by atoms with Crippen molar-refractivity contribution in [2.24, 2.45) is 5.73 Å². The molecule has 3 heteroatoms. The molecule has 2 N–H and O–H groups in total. The zero-order chi connectivity index (χ0) is 9.14. The minimum absolute atomic E-state index is 0.109. The van der Waals surface area contributed by atoms with E-state index in [0.29, 0.717) is 6.42 Å². The van der Waals surface area contributed by atoms with Gasteiger partial charge in [0.15, 0.2) is 0 Å². The van der Waals surface area contributed by atoms with E-state index in [1.807, 2.05) is 18.4 Å². The van der Waals surface area contributed by atoms with Gasteiger partial charge < -0.3 is 5.73 Å². The van der Waals surface area contributed by atoms with Gasteiger partial charge in [0.2, 0.25) is 0 Å². The van der Waals surface area contributed by atoms with E-state index in [2.05, 4.69) is 0 Å². The van der Waals surface area contributed by atoms with Gasteiger partial charge >= 0.3 is 0 Å². The first kappa shape index (κ1) is 9.42. The van der Waals surface area contributed by atoms with Crippen LogP contribution < -0.4 is 5.73 Å². The van der Waals surface area contributed by atoms with Crippen molar-refractivity contribution in [2.45, 2.75) is 26.3 Å². The second-order valence-electron chi connectivity index (χ2n) is 2.98. The minimum Gasteiger partial charge on any atom is -0.323 e. The molecule has 1 unspecified atom stereocenters. The van der Waals surface area contributed by atoms with Crippen LogP contribution in [0.15, 0.2) is 11.4 Å². The second kappa shape index (κ2) is 3.83. The summed E-state index contributed by atoms with van der Waals surface area (Å²) in [5.41, 5.74) is 7.02. The summed E-state index contributed by atoms with van der Waals surface area (Å²) in [7, 11) is 0. The number of nitrogens with two attached hydrogens (primary N) is 1. The second-order valence-corrected chi connectivity index (χ2v) is 3.93. The highest BCUT2D eigenvalue weighted by Crippen LogP contribution is 2.24. The third-order valence-electron chi connectivity index (χ3n) is 1.75. The summed E-state index contributed by atoms with van der Waals surface area (Å²) in [4.78, 5) is 11.9. The van der Waals surface area contributed by atoms with Gasteiger partial charge in [0.25, 0.3) is 0 Å². The maximum Gasteiger partial charge on any atom is 0.131 e. The molecule has 12 heavy (non-hydrogen) atoms. The van der Waals surface area contributed by atoms with E-state index in [1.54, 1.807) is 18.3 Å². The van der Waals surface area contributed by atoms with Crippen LogP contribution in [-0.2, 0) is 4.79 Å². The molecule has 0 aliphatic rings. The Labute approximate surface area is 76.4 Å². The smallest absolute Gasteiger partial charge is 0.131 e. The van der Waals surface area contributed by atoms with Gasteiger partial charge in [-0.05, 0) is 30.9 Å². The first-order valence-electron chi connectivity index (χ1n) is 3.90. The maximum atomic E-state index is 10.8. The van der Waals surface area contributed by atoms with E-state index in [-0.39, 0.29) is 11.8 Å². The molecule has 1 aromatic rings. The Morgan fingerprint density at radius 3 is 2.83 bits per heavy atom. The van der Waals surface area contributed by atoms with Gasteiger partial charge in [-0.15, -0.1) is 11.3 Å². The molecular weight excluding hydrogens is 170 g/mol. The molecule has 1 heterocycles. The molecule has 0 amide bonds. The van der Waals surface area contributed by atoms with Gasteiger partial charge in [-0.25, -0.2) is 0 Å². The number of rotatable bonds is 3. The number of ketones is 1. The highest BCUT2D eigenvalue weighted by atomic mass is 32.1. The van der Waals surface area contributed by atoms with Crippen molar-refractivity contribution in [3.63, 3.8) is 0 Å². The van der Waals surface area contributed by atoms with Crippen molar-refractivity contribution in [1.29, 1.82) is 0 Å². The number of carbonyl (C=O) groups is 1. The normalized spacial score (nSPS) is 12.9. The monoisotopic (exact) mass is 183 g/mol. The van der Waals surface area contributed by atoms with Gasteiger partial charge in [-0.3, -0.25) is 4.79 Å². The molecular formula is C9H13NOS. The topological polar surface area (TPSA) is 43.1 Å². The van der Waals surface area contributed by atoms with Crippen LogP contribution in [0.3, 0.4) is 0 Å². The summed E-state index contributed by atoms with van der Waals surface area (Å²) >= 11 is 1.62. The molecule has 1 rings (SSSR count). The summed E-state index contributed by atoms with van der Waals surface area (Å²) in [5, 5.41) is 2.00. The molecule has 0 spiro atoms. The Morgan fingerprint density at radius 1 is 1.75 bits per heavy atom. The lowest BCUT2D eigenvalue weighted by Crippen LogP contribution is -2.13. The van der Waals surface area contributed by atoms with E-state index in [9.17, 15) is 4.79 Å². The van der Waals surface area contributed by atoms with E-state index >= 15 is 0 Å². The Morgan fingerprint density at radius 2 is 2.42 bits per heavy atom. The predicted octanol–water partition coefficient (Wildman–Crippen LogP) is 2.04. The Kier molecular flexibility index (Phi) is 3.00. The number of aryl methyl sites for hydroxylation is 1. The van der Waals surface area contributed by atoms with Crippen molar-refractivity contribution in [2.75, 3.05) is 0 Å². The van der Waals surface area contributed by atoms with Crippen molar-refractivity contribution >= 4 is 17.1 Å². The zero-order valence-electron chi connectivity index (χ0n) is 7.33. The standard InChI is InChI=1S/C9H13NOS/c1-6-3-4-12-9(6)8(10)5-7(2)11/h3-4,8H,5,10H2,1-2H3. The van der Waals surface area contributed by atoms with E-state index in [4.69, 9.17) is 5.73 Å². The third-order valence-corrected chi connectivity index (χ3v) is 2.90. The van der Waals surface area contributed by atoms with Gasteiger partial charge in [0, 0.05) is 17.3 Å². The molecule has 0 aliphatic carbocycles. The van der Waals surface area contributed by atoms with Gasteiger partial charge in [-0.2, -0.15) is 0 Å². The lowest BCUT2D eigenvalue weighted by molar-refractivity contribution is -0.117. The molecule has 1 aromatic heterocycles. The summed E-state index contributed by atoms with van der Waals surface area (Å²) in [6.07, 6.45) is 0.446. The van der Waals surface area contributed by atoms with Crippen molar-refractivity contribution in [3.8, 4) is 0 Å². The fourth-order valence-corrected chi connectivity index (χ4v) is 2.10. The Balaban J connectivity index is 2.71. The van der Waals surface area contributed by atoms with Crippen LogP contribution in [0.2, 0.25) is 0 Å². The molecule has 0 aromatic carbocycles. The molecule has 0 radical (unpaired) electrons. The quantitative estimate of drug-likeness (QED) is 0.779. The van der Waals surface area contributed by atoms with Crippen LogP contribution >= 0.6 is 11.3 Å². The predicted molar refractivity (Wildman–Crippen MR) is 51.3 cm³/mol. The van der Waals surface area contributed by atoms with Crippen LogP contribution in [0.25, 0.3) is 0 Å². The number of hydrogen-bond donors (Lipinski definition) is 1. The molecule has 0 aliphatic heterocycles. The number of hydrogen-bond acceptors (Lipinski definition) is 3. The zero-order valence-corrected chi connectivity index (χ0v) is 8.15. The lowest BCUT2D eigenvalue weighted by Gasteiger charge is -2.07. The Hall–Kier alpha value is -0.670.